The zero-order chi connectivity index (χ0) is 14.1. The third-order valence-corrected chi connectivity index (χ3v) is 3.78. The van der Waals surface area contributed by atoms with Gasteiger partial charge in [-0.25, -0.2) is 0 Å². The Morgan fingerprint density at radius 1 is 1.25 bits per heavy atom. The smallest absolute Gasteiger partial charge is 0.286 e. The van der Waals surface area contributed by atoms with Crippen LogP contribution < -0.4 is 10.4 Å². The Labute approximate surface area is 117 Å². The molecule has 0 spiro atoms. The highest BCUT2D eigenvalue weighted by Crippen LogP contribution is 2.32. The van der Waals surface area contributed by atoms with Crippen molar-refractivity contribution in [2.24, 2.45) is 0 Å². The molecular weight excluding hydrogens is 254 g/mol. The van der Waals surface area contributed by atoms with Gasteiger partial charge < -0.3 is 9.94 Å². The zero-order valence-corrected chi connectivity index (χ0v) is 11.4. The van der Waals surface area contributed by atoms with Gasteiger partial charge in [-0.1, -0.05) is 37.3 Å². The van der Waals surface area contributed by atoms with E-state index in [1.165, 1.54) is 4.73 Å². The molecule has 0 saturated carbocycles. The van der Waals surface area contributed by atoms with Crippen molar-refractivity contribution in [3.8, 4) is 5.75 Å². The van der Waals surface area contributed by atoms with Gasteiger partial charge in [0.15, 0.2) is 0 Å². The lowest BCUT2D eigenvalue weighted by molar-refractivity contribution is 0.0815. The van der Waals surface area contributed by atoms with Crippen LogP contribution in [0.1, 0.15) is 29.3 Å². The zero-order valence-electron chi connectivity index (χ0n) is 11.4. The van der Waals surface area contributed by atoms with Crippen molar-refractivity contribution in [3.63, 3.8) is 0 Å². The number of benzene rings is 1. The molecule has 0 unspecified atom stereocenters. The second-order valence-electron chi connectivity index (χ2n) is 4.96. The summed E-state index contributed by atoms with van der Waals surface area (Å²) in [5, 5.41) is 10.1. The fourth-order valence-corrected chi connectivity index (χ4v) is 2.73. The van der Waals surface area contributed by atoms with E-state index >= 15 is 0 Å². The van der Waals surface area contributed by atoms with Gasteiger partial charge in [0.25, 0.3) is 5.56 Å². The van der Waals surface area contributed by atoms with Crippen molar-refractivity contribution in [1.29, 1.82) is 0 Å². The van der Waals surface area contributed by atoms with Gasteiger partial charge in [-0.2, -0.15) is 0 Å². The van der Waals surface area contributed by atoms with Gasteiger partial charge in [0.2, 0.25) is 0 Å². The van der Waals surface area contributed by atoms with Crippen LogP contribution in [0.3, 0.4) is 0 Å². The minimum Gasteiger partial charge on any atom is -0.506 e. The van der Waals surface area contributed by atoms with Crippen molar-refractivity contribution in [2.75, 3.05) is 0 Å². The predicted octanol–water partition coefficient (Wildman–Crippen LogP) is 1.84. The number of pyridine rings is 1. The number of aromatic nitrogens is 1. The normalized spacial score (nSPS) is 12.7. The fraction of sp³-hybridized carbons (Fsp3) is 0.312. The van der Waals surface area contributed by atoms with E-state index in [-0.39, 0.29) is 11.3 Å². The highest BCUT2D eigenvalue weighted by Gasteiger charge is 2.26. The van der Waals surface area contributed by atoms with Crippen LogP contribution in [-0.4, -0.2) is 9.84 Å². The molecule has 104 valence electrons. The Hall–Kier alpha value is -2.23. The number of rotatable bonds is 4. The van der Waals surface area contributed by atoms with E-state index in [1.54, 1.807) is 0 Å². The van der Waals surface area contributed by atoms with Crippen molar-refractivity contribution < 1.29 is 9.94 Å². The lowest BCUT2D eigenvalue weighted by Crippen LogP contribution is -2.31. The molecule has 4 nitrogen and oxygen atoms in total. The van der Waals surface area contributed by atoms with Gasteiger partial charge in [0.05, 0.1) is 0 Å². The summed E-state index contributed by atoms with van der Waals surface area (Å²) in [6.07, 6.45) is 1.99. The molecule has 1 heterocycles. The highest BCUT2D eigenvalue weighted by molar-refractivity contribution is 5.46. The third kappa shape index (κ3) is 1.97. The monoisotopic (exact) mass is 271 g/mol. The van der Waals surface area contributed by atoms with Crippen molar-refractivity contribution in [1.82, 2.24) is 4.73 Å². The number of hydrogen-bond donors (Lipinski definition) is 1. The molecule has 1 aromatic carbocycles. The second-order valence-corrected chi connectivity index (χ2v) is 4.96. The Bertz CT molecular complexity index is 689. The minimum atomic E-state index is -0.135. The van der Waals surface area contributed by atoms with Gasteiger partial charge in [-0.15, -0.1) is 4.73 Å². The molecule has 0 fully saturated rings. The molecule has 4 heteroatoms. The predicted molar refractivity (Wildman–Crippen MR) is 75.9 cm³/mol. The van der Waals surface area contributed by atoms with E-state index in [0.29, 0.717) is 30.7 Å². The summed E-state index contributed by atoms with van der Waals surface area (Å²) < 4.78 is 1.28. The number of aromatic hydroxyl groups is 1. The molecule has 0 radical (unpaired) electrons. The van der Waals surface area contributed by atoms with Crippen LogP contribution in [0.5, 0.6) is 5.75 Å². The minimum absolute atomic E-state index is 0.135. The largest absolute Gasteiger partial charge is 0.506 e. The standard InChI is InChI=1S/C16H17NO3/c1-2-12-13-8-9-14(15(13)18)17(16(12)19)20-10-11-6-4-3-5-7-11/h3-7,18H,2,8-10H2,1H3. The molecule has 0 amide bonds. The van der Waals surface area contributed by atoms with Crippen molar-refractivity contribution >= 4 is 0 Å². The molecule has 1 N–H and O–H groups in total. The molecule has 20 heavy (non-hydrogen) atoms. The lowest BCUT2D eigenvalue weighted by Gasteiger charge is -2.14. The molecule has 1 aliphatic carbocycles. The molecule has 0 aliphatic heterocycles. The quantitative estimate of drug-likeness (QED) is 0.923. The van der Waals surface area contributed by atoms with Crippen LogP contribution in [-0.2, 0) is 25.9 Å². The van der Waals surface area contributed by atoms with Gasteiger partial charge in [-0.05, 0) is 24.8 Å². The maximum atomic E-state index is 12.4. The van der Waals surface area contributed by atoms with E-state index in [2.05, 4.69) is 0 Å². The molecule has 0 saturated heterocycles. The van der Waals surface area contributed by atoms with Crippen LogP contribution in [0.2, 0.25) is 0 Å². The van der Waals surface area contributed by atoms with Crippen molar-refractivity contribution in [2.45, 2.75) is 32.8 Å². The van der Waals surface area contributed by atoms with E-state index < -0.39 is 0 Å². The average Bonchev–Trinajstić information content (AvgIpc) is 2.77. The third-order valence-electron chi connectivity index (χ3n) is 3.78. The Morgan fingerprint density at radius 2 is 2.00 bits per heavy atom. The summed E-state index contributed by atoms with van der Waals surface area (Å²) >= 11 is 0. The molecule has 2 aromatic rings. The maximum absolute atomic E-state index is 12.4. The molecule has 1 aliphatic rings. The number of fused-ring (bicyclic) bond motifs is 2. The number of hydrogen-bond acceptors (Lipinski definition) is 3. The van der Waals surface area contributed by atoms with Gasteiger partial charge in [-0.3, -0.25) is 4.79 Å². The topological polar surface area (TPSA) is 51.5 Å². The SMILES string of the molecule is CCc1c2c(O)c(n(OCc3ccccc3)c1=O)CC2. The first kappa shape index (κ1) is 12.8. The van der Waals surface area contributed by atoms with E-state index in [9.17, 15) is 9.90 Å². The number of nitrogens with zero attached hydrogens (tertiary/aromatic N) is 1. The van der Waals surface area contributed by atoms with Crippen LogP contribution in [0.25, 0.3) is 0 Å². The summed E-state index contributed by atoms with van der Waals surface area (Å²) in [6, 6.07) is 9.68. The van der Waals surface area contributed by atoms with Gasteiger partial charge in [0, 0.05) is 11.1 Å². The summed E-state index contributed by atoms with van der Waals surface area (Å²) in [6.45, 7) is 2.24. The van der Waals surface area contributed by atoms with Crippen LogP contribution in [0.4, 0.5) is 0 Å². The Balaban J connectivity index is 1.96. The van der Waals surface area contributed by atoms with Gasteiger partial charge in [0.1, 0.15) is 18.1 Å². The highest BCUT2D eigenvalue weighted by atomic mass is 16.7. The van der Waals surface area contributed by atoms with Crippen LogP contribution >= 0.6 is 0 Å². The molecule has 1 aromatic heterocycles. The molecule has 0 atom stereocenters. The maximum Gasteiger partial charge on any atom is 0.286 e. The first-order chi connectivity index (χ1) is 9.72. The fourth-order valence-electron chi connectivity index (χ4n) is 2.73. The molecule has 3 rings (SSSR count). The Morgan fingerprint density at radius 3 is 2.70 bits per heavy atom. The first-order valence-electron chi connectivity index (χ1n) is 6.88. The van der Waals surface area contributed by atoms with Crippen LogP contribution in [0, 0.1) is 0 Å². The average molecular weight is 271 g/mol. The molecular formula is C16H17NO3. The summed E-state index contributed by atoms with van der Waals surface area (Å²) in [5.74, 6) is 0.231. The summed E-state index contributed by atoms with van der Waals surface area (Å²) in [5.41, 5.74) is 2.91. The van der Waals surface area contributed by atoms with Crippen molar-refractivity contribution in [3.05, 3.63) is 63.1 Å². The van der Waals surface area contributed by atoms with E-state index in [4.69, 9.17) is 4.84 Å². The Kier molecular flexibility index (Phi) is 3.22. The van der Waals surface area contributed by atoms with Crippen LogP contribution in [0.15, 0.2) is 35.1 Å². The molecule has 2 bridgehead atoms. The lowest BCUT2D eigenvalue weighted by atomic mass is 10.1. The van der Waals surface area contributed by atoms with E-state index in [1.807, 2.05) is 37.3 Å². The van der Waals surface area contributed by atoms with Gasteiger partial charge >= 0.3 is 0 Å². The first-order valence-corrected chi connectivity index (χ1v) is 6.88. The van der Waals surface area contributed by atoms with E-state index in [0.717, 1.165) is 17.5 Å². The second kappa shape index (κ2) is 5.04. The summed E-state index contributed by atoms with van der Waals surface area (Å²) in [7, 11) is 0. The summed E-state index contributed by atoms with van der Waals surface area (Å²) in [4.78, 5) is 18.0.